The van der Waals surface area contributed by atoms with Gasteiger partial charge in [0, 0.05) is 19.2 Å². The van der Waals surface area contributed by atoms with Gasteiger partial charge in [0.1, 0.15) is 10.8 Å². The van der Waals surface area contributed by atoms with Crippen LogP contribution in [0.25, 0.3) is 0 Å². The Morgan fingerprint density at radius 3 is 2.58 bits per heavy atom. The minimum atomic E-state index is 0.411. The van der Waals surface area contributed by atoms with Crippen molar-refractivity contribution in [3.63, 3.8) is 0 Å². The maximum absolute atomic E-state index is 4.42. The van der Waals surface area contributed by atoms with Gasteiger partial charge in [0.05, 0.1) is 0 Å². The Bertz CT molecular complexity index is 255. The van der Waals surface area contributed by atoms with Crippen LogP contribution in [0.1, 0.15) is 19.9 Å². The van der Waals surface area contributed by atoms with Gasteiger partial charge < -0.3 is 5.32 Å². The third kappa shape index (κ3) is 1.75. The summed E-state index contributed by atoms with van der Waals surface area (Å²) in [6.45, 7) is 4.25. The molecule has 0 fully saturated rings. The van der Waals surface area contributed by atoms with Gasteiger partial charge in [-0.05, 0) is 20.1 Å². The fourth-order valence-corrected chi connectivity index (χ4v) is 1.45. The van der Waals surface area contributed by atoms with E-state index in [0.29, 0.717) is 6.04 Å². The number of nitrogens with zero attached hydrogens (tertiary/aromatic N) is 2. The molecule has 68 valence electrons. The molecule has 12 heavy (non-hydrogen) atoms. The number of anilines is 1. The lowest BCUT2D eigenvalue weighted by Crippen LogP contribution is -2.06. The molecule has 0 spiro atoms. The molecule has 0 atom stereocenters. The van der Waals surface area contributed by atoms with Gasteiger partial charge in [-0.25, -0.2) is 4.68 Å². The molecule has 0 unspecified atom stereocenters. The van der Waals surface area contributed by atoms with E-state index in [9.17, 15) is 0 Å². The van der Waals surface area contributed by atoms with E-state index < -0.39 is 0 Å². The zero-order chi connectivity index (χ0) is 9.14. The van der Waals surface area contributed by atoms with Crippen LogP contribution in [0.15, 0.2) is 11.1 Å². The number of aromatic nitrogens is 2. The third-order valence-electron chi connectivity index (χ3n) is 1.67. The second-order valence-corrected chi connectivity index (χ2v) is 3.69. The summed E-state index contributed by atoms with van der Waals surface area (Å²) in [7, 11) is 1.92. The van der Waals surface area contributed by atoms with Crippen molar-refractivity contribution in [1.29, 1.82) is 0 Å². The van der Waals surface area contributed by atoms with Crippen LogP contribution in [-0.4, -0.2) is 23.1 Å². The first kappa shape index (κ1) is 9.45. The van der Waals surface area contributed by atoms with Gasteiger partial charge in [-0.2, -0.15) is 5.10 Å². The van der Waals surface area contributed by atoms with E-state index in [1.807, 2.05) is 18.0 Å². The smallest absolute Gasteiger partial charge is 0.125 e. The summed E-state index contributed by atoms with van der Waals surface area (Å²) in [5.74, 6) is 1.08. The van der Waals surface area contributed by atoms with E-state index in [0.717, 1.165) is 10.8 Å². The Morgan fingerprint density at radius 1 is 1.58 bits per heavy atom. The first-order valence-corrected chi connectivity index (χ1v) is 5.22. The molecule has 1 N–H and O–H groups in total. The lowest BCUT2D eigenvalue weighted by molar-refractivity contribution is 0.528. The number of hydrogen-bond acceptors (Lipinski definition) is 3. The molecule has 1 rings (SSSR count). The first-order valence-electron chi connectivity index (χ1n) is 4.00. The number of rotatable bonds is 3. The predicted octanol–water partition coefficient (Wildman–Crippen LogP) is 2.23. The molecule has 0 radical (unpaired) electrons. The van der Waals surface area contributed by atoms with Gasteiger partial charge in [0.2, 0.25) is 0 Å². The van der Waals surface area contributed by atoms with Crippen molar-refractivity contribution in [3.05, 3.63) is 6.07 Å². The van der Waals surface area contributed by atoms with Crippen LogP contribution in [0.2, 0.25) is 0 Å². The first-order chi connectivity index (χ1) is 5.69. The van der Waals surface area contributed by atoms with Gasteiger partial charge >= 0.3 is 0 Å². The number of nitrogens with one attached hydrogen (secondary N) is 1. The van der Waals surface area contributed by atoms with E-state index >= 15 is 0 Å². The minimum Gasteiger partial charge on any atom is -0.373 e. The molecule has 1 aromatic heterocycles. The molecule has 0 bridgehead atoms. The monoisotopic (exact) mass is 185 g/mol. The standard InChI is InChI=1S/C8H15N3S/c1-6(2)11-7(9-3)5-8(10-11)12-4/h5-6,9H,1-4H3. The molecule has 0 amide bonds. The fraction of sp³-hybridized carbons (Fsp3) is 0.625. The van der Waals surface area contributed by atoms with Crippen LogP contribution in [0.3, 0.4) is 0 Å². The van der Waals surface area contributed by atoms with Gasteiger partial charge in [-0.15, -0.1) is 11.8 Å². The van der Waals surface area contributed by atoms with E-state index in [-0.39, 0.29) is 0 Å². The van der Waals surface area contributed by atoms with E-state index in [1.54, 1.807) is 11.8 Å². The summed E-state index contributed by atoms with van der Waals surface area (Å²) in [5.41, 5.74) is 0. The minimum absolute atomic E-state index is 0.411. The highest BCUT2D eigenvalue weighted by atomic mass is 32.2. The highest BCUT2D eigenvalue weighted by molar-refractivity contribution is 7.98. The summed E-state index contributed by atoms with van der Waals surface area (Å²) in [4.78, 5) is 0. The molecule has 0 aliphatic rings. The van der Waals surface area contributed by atoms with Crippen LogP contribution in [-0.2, 0) is 0 Å². The highest BCUT2D eigenvalue weighted by Crippen LogP contribution is 2.21. The summed E-state index contributed by atoms with van der Waals surface area (Å²) < 4.78 is 1.99. The topological polar surface area (TPSA) is 29.9 Å². The normalized spacial score (nSPS) is 10.8. The predicted molar refractivity (Wildman–Crippen MR) is 53.9 cm³/mol. The van der Waals surface area contributed by atoms with Crippen molar-refractivity contribution in [2.24, 2.45) is 0 Å². The Morgan fingerprint density at radius 2 is 2.25 bits per heavy atom. The van der Waals surface area contributed by atoms with E-state index in [2.05, 4.69) is 30.3 Å². The number of thioether (sulfide) groups is 1. The van der Waals surface area contributed by atoms with Crippen molar-refractivity contribution in [2.45, 2.75) is 24.9 Å². The van der Waals surface area contributed by atoms with Crippen molar-refractivity contribution in [1.82, 2.24) is 9.78 Å². The highest BCUT2D eigenvalue weighted by Gasteiger charge is 2.07. The Labute approximate surface area is 77.5 Å². The molecule has 3 nitrogen and oxygen atoms in total. The average molecular weight is 185 g/mol. The molecule has 0 aromatic carbocycles. The maximum Gasteiger partial charge on any atom is 0.125 e. The zero-order valence-electron chi connectivity index (χ0n) is 7.96. The summed E-state index contributed by atoms with van der Waals surface area (Å²) in [6, 6.07) is 2.47. The molecule has 0 saturated heterocycles. The van der Waals surface area contributed by atoms with Gasteiger partial charge in [-0.3, -0.25) is 0 Å². The average Bonchev–Trinajstić information content (AvgIpc) is 2.47. The molecular weight excluding hydrogens is 170 g/mol. The van der Waals surface area contributed by atoms with Gasteiger partial charge in [0.15, 0.2) is 0 Å². The van der Waals surface area contributed by atoms with Crippen LogP contribution in [0.4, 0.5) is 5.82 Å². The lowest BCUT2D eigenvalue weighted by atomic mass is 10.4. The molecule has 1 aromatic rings. The Kier molecular flexibility index (Phi) is 3.03. The third-order valence-corrected chi connectivity index (χ3v) is 2.29. The Balaban J connectivity index is 3.00. The molecule has 4 heteroatoms. The Hall–Kier alpha value is -0.640. The van der Waals surface area contributed by atoms with Crippen molar-refractivity contribution < 1.29 is 0 Å². The molecule has 0 aliphatic heterocycles. The van der Waals surface area contributed by atoms with Crippen molar-refractivity contribution >= 4 is 17.6 Å². The van der Waals surface area contributed by atoms with E-state index in [1.165, 1.54) is 0 Å². The van der Waals surface area contributed by atoms with Crippen LogP contribution in [0, 0.1) is 0 Å². The van der Waals surface area contributed by atoms with Gasteiger partial charge in [-0.1, -0.05) is 0 Å². The number of hydrogen-bond donors (Lipinski definition) is 1. The molecular formula is C8H15N3S. The SMILES string of the molecule is CNc1cc(SC)nn1C(C)C. The van der Waals surface area contributed by atoms with Crippen LogP contribution < -0.4 is 5.32 Å². The van der Waals surface area contributed by atoms with E-state index in [4.69, 9.17) is 0 Å². The fourth-order valence-electron chi connectivity index (χ4n) is 1.05. The van der Waals surface area contributed by atoms with Gasteiger partial charge in [0.25, 0.3) is 0 Å². The molecule has 1 heterocycles. The van der Waals surface area contributed by atoms with Crippen molar-refractivity contribution in [2.75, 3.05) is 18.6 Å². The summed E-state index contributed by atoms with van der Waals surface area (Å²) in [5, 5.41) is 8.60. The lowest BCUT2D eigenvalue weighted by Gasteiger charge is -2.09. The summed E-state index contributed by atoms with van der Waals surface area (Å²) >= 11 is 1.66. The molecule has 0 aliphatic carbocycles. The largest absolute Gasteiger partial charge is 0.373 e. The zero-order valence-corrected chi connectivity index (χ0v) is 8.77. The summed E-state index contributed by atoms with van der Waals surface area (Å²) in [6.07, 6.45) is 2.03. The molecule has 0 saturated carbocycles. The second-order valence-electron chi connectivity index (χ2n) is 2.86. The quantitative estimate of drug-likeness (QED) is 0.732. The van der Waals surface area contributed by atoms with Crippen LogP contribution >= 0.6 is 11.8 Å². The second kappa shape index (κ2) is 3.85. The van der Waals surface area contributed by atoms with Crippen LogP contribution in [0.5, 0.6) is 0 Å². The maximum atomic E-state index is 4.42. The van der Waals surface area contributed by atoms with Crippen molar-refractivity contribution in [3.8, 4) is 0 Å².